The molecule has 1 atom stereocenters. The van der Waals surface area contributed by atoms with E-state index in [-0.39, 0.29) is 17.3 Å². The molecule has 7 nitrogen and oxygen atoms in total. The van der Waals surface area contributed by atoms with E-state index in [0.717, 1.165) is 23.5 Å². The normalized spacial score (nSPS) is 15.8. The van der Waals surface area contributed by atoms with Gasteiger partial charge in [-0.1, -0.05) is 24.3 Å². The highest BCUT2D eigenvalue weighted by atomic mass is 32.2. The summed E-state index contributed by atoms with van der Waals surface area (Å²) in [5.41, 5.74) is 0.489. The minimum atomic E-state index is -3.50. The van der Waals surface area contributed by atoms with Crippen molar-refractivity contribution in [2.75, 3.05) is 45.2 Å². The number of likely N-dealkylation sites (N-methyl/N-ethyl adjacent to an activating group) is 1. The van der Waals surface area contributed by atoms with Crippen LogP contribution in [0.25, 0.3) is 0 Å². The maximum absolute atomic E-state index is 12.7. The van der Waals surface area contributed by atoms with Gasteiger partial charge in [-0.25, -0.2) is 8.42 Å². The Balaban J connectivity index is 1.50. The van der Waals surface area contributed by atoms with E-state index in [0.29, 0.717) is 31.9 Å². The van der Waals surface area contributed by atoms with Gasteiger partial charge in [0.25, 0.3) is 5.91 Å². The summed E-state index contributed by atoms with van der Waals surface area (Å²) in [7, 11) is -1.58. The van der Waals surface area contributed by atoms with E-state index in [9.17, 15) is 13.2 Å². The zero-order chi connectivity index (χ0) is 20.7. The van der Waals surface area contributed by atoms with Gasteiger partial charge in [-0.3, -0.25) is 4.79 Å². The number of amides is 1. The van der Waals surface area contributed by atoms with E-state index in [2.05, 4.69) is 5.32 Å². The minimum Gasteiger partial charge on any atom is -0.488 e. The molecule has 2 N–H and O–H groups in total. The number of carbonyl (C=O) groups is 1. The summed E-state index contributed by atoms with van der Waals surface area (Å²) in [5, 5.41) is 2.80. The fourth-order valence-corrected chi connectivity index (χ4v) is 4.80. The molecule has 3 rings (SSSR count). The molecule has 0 spiro atoms. The second kappa shape index (κ2) is 9.87. The molecule has 1 aliphatic heterocycles. The smallest absolute Gasteiger partial charge is 0.279 e. The van der Waals surface area contributed by atoms with Gasteiger partial charge in [0.1, 0.15) is 18.9 Å². The molecule has 0 aliphatic carbocycles. The van der Waals surface area contributed by atoms with Gasteiger partial charge in [-0.15, -0.1) is 0 Å². The molecule has 1 unspecified atom stereocenters. The summed E-state index contributed by atoms with van der Waals surface area (Å²) in [6.45, 7) is 2.55. The number of anilines is 1. The van der Waals surface area contributed by atoms with Crippen LogP contribution < -0.4 is 15.0 Å². The van der Waals surface area contributed by atoms with Crippen molar-refractivity contribution in [1.29, 1.82) is 0 Å². The Kier molecular flexibility index (Phi) is 7.24. The second-order valence-electron chi connectivity index (χ2n) is 7.23. The molecule has 0 aromatic heterocycles. The third kappa shape index (κ3) is 6.03. The largest absolute Gasteiger partial charge is 0.488 e. The Bertz CT molecular complexity index is 913. The van der Waals surface area contributed by atoms with Crippen LogP contribution in [0.15, 0.2) is 59.5 Å². The maximum Gasteiger partial charge on any atom is 0.279 e. The summed E-state index contributed by atoms with van der Waals surface area (Å²) in [6, 6.07) is 16.0. The monoisotopic (exact) mass is 418 g/mol. The number of hydrogen-bond acceptors (Lipinski definition) is 4. The van der Waals surface area contributed by atoms with Crippen molar-refractivity contribution in [3.63, 3.8) is 0 Å². The molecule has 2 aromatic rings. The predicted octanol–water partition coefficient (Wildman–Crippen LogP) is 1.00. The van der Waals surface area contributed by atoms with Crippen molar-refractivity contribution in [2.24, 2.45) is 0 Å². The first-order valence-corrected chi connectivity index (χ1v) is 11.3. The summed E-state index contributed by atoms with van der Waals surface area (Å²) in [5.74, 6) is 0.638. The zero-order valence-electron chi connectivity index (χ0n) is 16.6. The lowest BCUT2D eigenvalue weighted by atomic mass is 10.3. The zero-order valence-corrected chi connectivity index (χ0v) is 17.5. The number of nitrogens with zero attached hydrogens (tertiary/aromatic N) is 1. The lowest BCUT2D eigenvalue weighted by molar-refractivity contribution is -0.871. The predicted molar refractivity (Wildman–Crippen MR) is 112 cm³/mol. The number of quaternary nitrogens is 1. The standard InChI is InChI=1S/C21H27N3O4S/c1-23(14-15-28-19-9-3-2-4-10-19)17-21(25)22-18-8-7-11-20(16-18)29(26,27)24-12-5-6-13-24/h2-4,7-11,16H,5-6,12-15,17H2,1H3,(H,22,25)/p+1. The fourth-order valence-electron chi connectivity index (χ4n) is 3.24. The van der Waals surface area contributed by atoms with E-state index in [1.807, 2.05) is 37.4 Å². The van der Waals surface area contributed by atoms with Crippen LogP contribution in [0.3, 0.4) is 0 Å². The molecule has 156 valence electrons. The number of nitrogens with one attached hydrogen (secondary N) is 2. The lowest BCUT2D eigenvalue weighted by Crippen LogP contribution is -3.10. The minimum absolute atomic E-state index is 0.169. The first-order chi connectivity index (χ1) is 13.9. The average Bonchev–Trinajstić information content (AvgIpc) is 3.24. The summed E-state index contributed by atoms with van der Waals surface area (Å²) in [4.78, 5) is 13.6. The summed E-state index contributed by atoms with van der Waals surface area (Å²) in [6.07, 6.45) is 1.78. The van der Waals surface area contributed by atoms with Crippen LogP contribution >= 0.6 is 0 Å². The van der Waals surface area contributed by atoms with E-state index < -0.39 is 10.0 Å². The van der Waals surface area contributed by atoms with Crippen molar-refractivity contribution < 1.29 is 22.8 Å². The quantitative estimate of drug-likeness (QED) is 0.637. The molecule has 0 bridgehead atoms. The number of para-hydroxylation sites is 1. The Hall–Kier alpha value is -2.42. The third-order valence-electron chi connectivity index (χ3n) is 4.82. The van der Waals surface area contributed by atoms with Gasteiger partial charge in [0.2, 0.25) is 10.0 Å². The highest BCUT2D eigenvalue weighted by molar-refractivity contribution is 7.89. The SMILES string of the molecule is C[NH+](CCOc1ccccc1)CC(=O)Nc1cccc(S(=O)(=O)N2CCCC2)c1. The van der Waals surface area contributed by atoms with E-state index in [1.165, 1.54) is 10.4 Å². The van der Waals surface area contributed by atoms with Crippen LogP contribution in [-0.4, -0.2) is 58.5 Å². The molecule has 1 heterocycles. The van der Waals surface area contributed by atoms with Crippen LogP contribution in [0.5, 0.6) is 5.75 Å². The fraction of sp³-hybridized carbons (Fsp3) is 0.381. The van der Waals surface area contributed by atoms with Crippen LogP contribution in [0.2, 0.25) is 0 Å². The van der Waals surface area contributed by atoms with Crippen molar-refractivity contribution in [3.05, 3.63) is 54.6 Å². The van der Waals surface area contributed by atoms with Crippen molar-refractivity contribution in [2.45, 2.75) is 17.7 Å². The molecule has 1 amide bonds. The van der Waals surface area contributed by atoms with E-state index in [1.54, 1.807) is 18.2 Å². The van der Waals surface area contributed by atoms with Gasteiger partial charge in [0.05, 0.1) is 11.9 Å². The molecule has 8 heteroatoms. The highest BCUT2D eigenvalue weighted by Crippen LogP contribution is 2.23. The molecular formula is C21H28N3O4S+. The molecule has 1 saturated heterocycles. The molecule has 0 radical (unpaired) electrons. The molecule has 29 heavy (non-hydrogen) atoms. The van der Waals surface area contributed by atoms with Crippen molar-refractivity contribution in [1.82, 2.24) is 4.31 Å². The van der Waals surface area contributed by atoms with Gasteiger partial charge < -0.3 is 15.0 Å². The Morgan fingerprint density at radius 1 is 1.10 bits per heavy atom. The summed E-state index contributed by atoms with van der Waals surface area (Å²) >= 11 is 0. The van der Waals surface area contributed by atoms with Crippen molar-refractivity contribution >= 4 is 21.6 Å². The maximum atomic E-state index is 12.7. The molecule has 0 saturated carbocycles. The second-order valence-corrected chi connectivity index (χ2v) is 9.17. The average molecular weight is 419 g/mol. The number of ether oxygens (including phenoxy) is 1. The van der Waals surface area contributed by atoms with Gasteiger partial charge in [0.15, 0.2) is 6.54 Å². The van der Waals surface area contributed by atoms with Gasteiger partial charge in [-0.2, -0.15) is 4.31 Å². The molecule has 1 aliphatic rings. The number of rotatable bonds is 9. The number of hydrogen-bond donors (Lipinski definition) is 2. The molecule has 2 aromatic carbocycles. The first kappa shape index (κ1) is 21.3. The van der Waals surface area contributed by atoms with Crippen LogP contribution in [-0.2, 0) is 14.8 Å². The van der Waals surface area contributed by atoms with E-state index in [4.69, 9.17) is 4.74 Å². The number of sulfonamides is 1. The number of carbonyl (C=O) groups excluding carboxylic acids is 1. The Morgan fingerprint density at radius 3 is 2.55 bits per heavy atom. The highest BCUT2D eigenvalue weighted by Gasteiger charge is 2.27. The van der Waals surface area contributed by atoms with E-state index >= 15 is 0 Å². The molecule has 1 fully saturated rings. The van der Waals surface area contributed by atoms with Crippen LogP contribution in [0.4, 0.5) is 5.69 Å². The van der Waals surface area contributed by atoms with Gasteiger partial charge in [0, 0.05) is 18.8 Å². The van der Waals surface area contributed by atoms with Crippen molar-refractivity contribution in [3.8, 4) is 5.75 Å². The number of benzene rings is 2. The molecular weight excluding hydrogens is 390 g/mol. The Morgan fingerprint density at radius 2 is 1.83 bits per heavy atom. The van der Waals surface area contributed by atoms with Gasteiger partial charge >= 0.3 is 0 Å². The van der Waals surface area contributed by atoms with Crippen LogP contribution in [0.1, 0.15) is 12.8 Å². The summed E-state index contributed by atoms with van der Waals surface area (Å²) < 4.78 is 32.5. The topological polar surface area (TPSA) is 80.1 Å². The first-order valence-electron chi connectivity index (χ1n) is 9.84. The third-order valence-corrected chi connectivity index (χ3v) is 6.72. The Labute approximate surface area is 172 Å². The lowest BCUT2D eigenvalue weighted by Gasteiger charge is -2.17. The van der Waals surface area contributed by atoms with Gasteiger partial charge in [-0.05, 0) is 43.2 Å². The van der Waals surface area contributed by atoms with Crippen LogP contribution in [0, 0.1) is 0 Å².